The van der Waals surface area contributed by atoms with Gasteiger partial charge in [-0.1, -0.05) is 17.3 Å². The lowest BCUT2D eigenvalue weighted by Crippen LogP contribution is -2.09. The van der Waals surface area contributed by atoms with Gasteiger partial charge in [-0.25, -0.2) is 9.97 Å². The first-order chi connectivity index (χ1) is 14.0. The number of nitrogens with one attached hydrogen (secondary N) is 2. The molecule has 2 N–H and O–H groups in total. The third-order valence-electron chi connectivity index (χ3n) is 4.01. The molecule has 144 valence electrons. The predicted octanol–water partition coefficient (Wildman–Crippen LogP) is 2.82. The molecule has 0 aliphatic heterocycles. The van der Waals surface area contributed by atoms with E-state index in [-0.39, 0.29) is 23.2 Å². The van der Waals surface area contributed by atoms with Gasteiger partial charge in [-0.3, -0.25) is 14.9 Å². The van der Waals surface area contributed by atoms with Crippen LogP contribution in [0.15, 0.2) is 54.9 Å². The van der Waals surface area contributed by atoms with Crippen molar-refractivity contribution in [3.05, 3.63) is 65.0 Å². The summed E-state index contributed by atoms with van der Waals surface area (Å²) >= 11 is 0. The molecule has 0 saturated heterocycles. The highest BCUT2D eigenvalue weighted by Gasteiger charge is 2.26. The number of carbonyl (C=O) groups is 1. The molecule has 0 spiro atoms. The van der Waals surface area contributed by atoms with Crippen LogP contribution in [0.25, 0.3) is 16.9 Å². The predicted molar refractivity (Wildman–Crippen MR) is 105 cm³/mol. The van der Waals surface area contributed by atoms with E-state index in [2.05, 4.69) is 30.9 Å². The van der Waals surface area contributed by atoms with Crippen molar-refractivity contribution in [2.45, 2.75) is 6.92 Å². The van der Waals surface area contributed by atoms with Crippen LogP contribution in [0.3, 0.4) is 0 Å². The molecule has 11 heteroatoms. The minimum absolute atomic E-state index is 0.00364. The first-order valence-electron chi connectivity index (χ1n) is 8.48. The number of hydrogen-bond donors (Lipinski definition) is 2. The first-order valence-corrected chi connectivity index (χ1v) is 8.48. The van der Waals surface area contributed by atoms with Crippen LogP contribution >= 0.6 is 0 Å². The monoisotopic (exact) mass is 390 g/mol. The average molecular weight is 390 g/mol. The number of amides is 1. The Hall–Kier alpha value is -4.41. The van der Waals surface area contributed by atoms with E-state index in [4.69, 9.17) is 0 Å². The molecule has 4 rings (SSSR count). The average Bonchev–Trinajstić information content (AvgIpc) is 3.13. The molecule has 0 saturated carbocycles. The molecule has 4 aromatic rings. The molecule has 29 heavy (non-hydrogen) atoms. The number of carbonyl (C=O) groups excluding carboxylic acids is 1. The van der Waals surface area contributed by atoms with E-state index in [1.165, 1.54) is 17.9 Å². The minimum atomic E-state index is -0.570. The second-order valence-corrected chi connectivity index (χ2v) is 6.03. The molecule has 2 aromatic heterocycles. The van der Waals surface area contributed by atoms with E-state index in [1.54, 1.807) is 48.5 Å². The fourth-order valence-corrected chi connectivity index (χ4v) is 2.79. The molecule has 0 aliphatic carbocycles. The number of para-hydroxylation sites is 1. The van der Waals surface area contributed by atoms with Gasteiger partial charge in [0, 0.05) is 18.3 Å². The Labute approximate surface area is 163 Å². The molecule has 0 radical (unpaired) electrons. The van der Waals surface area contributed by atoms with Crippen molar-refractivity contribution in [1.82, 2.24) is 25.0 Å². The smallest absolute Gasteiger partial charge is 0.334 e. The lowest BCUT2D eigenvalue weighted by atomic mass is 10.2. The van der Waals surface area contributed by atoms with E-state index < -0.39 is 4.92 Å². The van der Waals surface area contributed by atoms with Crippen LogP contribution in [0.2, 0.25) is 0 Å². The molecule has 2 heterocycles. The van der Waals surface area contributed by atoms with Gasteiger partial charge in [0.1, 0.15) is 11.8 Å². The van der Waals surface area contributed by atoms with E-state index in [0.717, 1.165) is 0 Å². The summed E-state index contributed by atoms with van der Waals surface area (Å²) in [7, 11) is 0. The zero-order valence-electron chi connectivity index (χ0n) is 15.1. The largest absolute Gasteiger partial charge is 0.356 e. The molecule has 1 amide bonds. The standard InChI is InChI=1S/C18H14N8O3/c1-11(27)21-12-6-8-13(9-7-12)22-17-16(26(28)29)18(20-10-19-17)25-15-5-3-2-4-14(15)23-24-25/h2-10H,1H3,(H,21,27)(H,19,20,22). The van der Waals surface area contributed by atoms with Gasteiger partial charge in [0.05, 0.1) is 10.4 Å². The van der Waals surface area contributed by atoms with E-state index in [0.29, 0.717) is 22.4 Å². The van der Waals surface area contributed by atoms with Crippen LogP contribution in [0.4, 0.5) is 22.9 Å². The zero-order chi connectivity index (χ0) is 20.4. The molecule has 0 fully saturated rings. The van der Waals surface area contributed by atoms with Gasteiger partial charge in [-0.2, -0.15) is 4.68 Å². The van der Waals surface area contributed by atoms with Gasteiger partial charge in [0.2, 0.25) is 17.5 Å². The van der Waals surface area contributed by atoms with Crippen molar-refractivity contribution in [3.63, 3.8) is 0 Å². The number of hydrogen-bond acceptors (Lipinski definition) is 8. The van der Waals surface area contributed by atoms with Gasteiger partial charge < -0.3 is 10.6 Å². The summed E-state index contributed by atoms with van der Waals surface area (Å²) in [5.74, 6) is -0.190. The Bertz CT molecular complexity index is 1220. The van der Waals surface area contributed by atoms with Gasteiger partial charge in [0.25, 0.3) is 0 Å². The molecule has 2 aromatic carbocycles. The van der Waals surface area contributed by atoms with Gasteiger partial charge in [-0.05, 0) is 36.4 Å². The topological polar surface area (TPSA) is 141 Å². The maximum atomic E-state index is 11.8. The summed E-state index contributed by atoms with van der Waals surface area (Å²) in [6, 6.07) is 13.8. The Morgan fingerprint density at radius 2 is 1.79 bits per heavy atom. The van der Waals surface area contributed by atoms with Crippen LogP contribution in [0, 0.1) is 10.1 Å². The van der Waals surface area contributed by atoms with Crippen molar-refractivity contribution >= 4 is 39.8 Å². The zero-order valence-corrected chi connectivity index (χ0v) is 15.1. The molecule has 0 atom stereocenters. The Morgan fingerprint density at radius 1 is 1.07 bits per heavy atom. The van der Waals surface area contributed by atoms with Crippen LogP contribution in [0.1, 0.15) is 6.92 Å². The third-order valence-corrected chi connectivity index (χ3v) is 4.01. The first kappa shape index (κ1) is 18.0. The number of benzene rings is 2. The van der Waals surface area contributed by atoms with Crippen molar-refractivity contribution in [3.8, 4) is 5.82 Å². The summed E-state index contributed by atoms with van der Waals surface area (Å²) in [6.45, 7) is 1.41. The second kappa shape index (κ2) is 7.31. The van der Waals surface area contributed by atoms with Crippen LogP contribution in [0.5, 0.6) is 0 Å². The van der Waals surface area contributed by atoms with Gasteiger partial charge in [-0.15, -0.1) is 5.10 Å². The third kappa shape index (κ3) is 3.56. The number of nitrogens with zero attached hydrogens (tertiary/aromatic N) is 6. The van der Waals surface area contributed by atoms with Crippen LogP contribution < -0.4 is 10.6 Å². The van der Waals surface area contributed by atoms with Gasteiger partial charge in [0.15, 0.2) is 0 Å². The van der Waals surface area contributed by atoms with Crippen molar-refractivity contribution in [2.75, 3.05) is 10.6 Å². The maximum Gasteiger partial charge on any atom is 0.356 e. The number of rotatable bonds is 5. The van der Waals surface area contributed by atoms with Crippen LogP contribution in [-0.4, -0.2) is 35.8 Å². The summed E-state index contributed by atoms with van der Waals surface area (Å²) in [5, 5.41) is 25.4. The van der Waals surface area contributed by atoms with Crippen molar-refractivity contribution in [2.24, 2.45) is 0 Å². The fourth-order valence-electron chi connectivity index (χ4n) is 2.79. The molecule has 0 bridgehead atoms. The van der Waals surface area contributed by atoms with Crippen molar-refractivity contribution in [1.29, 1.82) is 0 Å². The highest BCUT2D eigenvalue weighted by atomic mass is 16.6. The highest BCUT2D eigenvalue weighted by molar-refractivity contribution is 5.89. The molecule has 11 nitrogen and oxygen atoms in total. The van der Waals surface area contributed by atoms with E-state index in [9.17, 15) is 14.9 Å². The van der Waals surface area contributed by atoms with Gasteiger partial charge >= 0.3 is 5.69 Å². The van der Waals surface area contributed by atoms with Crippen molar-refractivity contribution < 1.29 is 9.72 Å². The maximum absolute atomic E-state index is 11.8. The number of nitro groups is 1. The molecular formula is C18H14N8O3. The number of fused-ring (bicyclic) bond motifs is 1. The number of aromatic nitrogens is 5. The fraction of sp³-hybridized carbons (Fsp3) is 0.0556. The lowest BCUT2D eigenvalue weighted by molar-refractivity contribution is -0.384. The molecule has 0 aliphatic rings. The second-order valence-electron chi connectivity index (χ2n) is 6.03. The highest BCUT2D eigenvalue weighted by Crippen LogP contribution is 2.31. The van der Waals surface area contributed by atoms with E-state index in [1.807, 2.05) is 0 Å². The SMILES string of the molecule is CC(=O)Nc1ccc(Nc2ncnc(-n3nnc4ccccc43)c2[N+](=O)[O-])cc1. The minimum Gasteiger partial charge on any atom is -0.334 e. The normalized spacial score (nSPS) is 10.7. The summed E-state index contributed by atoms with van der Waals surface area (Å²) in [6.07, 6.45) is 1.22. The Balaban J connectivity index is 1.74. The van der Waals surface area contributed by atoms with Crippen LogP contribution in [-0.2, 0) is 4.79 Å². The lowest BCUT2D eigenvalue weighted by Gasteiger charge is -2.09. The Kier molecular flexibility index (Phi) is 4.53. The quantitative estimate of drug-likeness (QED) is 0.391. The number of anilines is 3. The molecular weight excluding hydrogens is 376 g/mol. The van der Waals surface area contributed by atoms with E-state index >= 15 is 0 Å². The molecule has 0 unspecified atom stereocenters. The summed E-state index contributed by atoms with van der Waals surface area (Å²) in [4.78, 5) is 30.4. The summed E-state index contributed by atoms with van der Waals surface area (Å²) in [5.41, 5.74) is 1.99. The summed E-state index contributed by atoms with van der Waals surface area (Å²) < 4.78 is 1.31. The Morgan fingerprint density at radius 3 is 2.52 bits per heavy atom.